The van der Waals surface area contributed by atoms with Crippen LogP contribution in [0.3, 0.4) is 0 Å². The molecule has 3 heterocycles. The van der Waals surface area contributed by atoms with Gasteiger partial charge in [-0.25, -0.2) is 4.98 Å². The van der Waals surface area contributed by atoms with E-state index in [-0.39, 0.29) is 0 Å². The minimum atomic E-state index is 1.03. The lowest BCUT2D eigenvalue weighted by Crippen LogP contribution is -2.06. The van der Waals surface area contributed by atoms with Gasteiger partial charge in [-0.2, -0.15) is 0 Å². The van der Waals surface area contributed by atoms with Gasteiger partial charge >= 0.3 is 0 Å². The van der Waals surface area contributed by atoms with Gasteiger partial charge < -0.3 is 0 Å². The molecule has 3 heteroatoms. The largest absolute Gasteiger partial charge is 0.264 e. The number of hydrogen-bond acceptors (Lipinski definition) is 3. The molecule has 0 spiro atoms. The van der Waals surface area contributed by atoms with E-state index in [4.69, 9.17) is 4.98 Å². The first-order valence-electron chi connectivity index (χ1n) is 8.46. The molecule has 2 nitrogen and oxygen atoms in total. The lowest BCUT2D eigenvalue weighted by molar-refractivity contribution is 0.951. The van der Waals surface area contributed by atoms with Crippen molar-refractivity contribution in [1.82, 2.24) is 9.97 Å². The molecule has 0 N–H and O–H groups in total. The second kappa shape index (κ2) is 5.94. The molecule has 4 aromatic rings. The molecule has 0 atom stereocenters. The van der Waals surface area contributed by atoms with Gasteiger partial charge in [0.15, 0.2) is 0 Å². The summed E-state index contributed by atoms with van der Waals surface area (Å²) in [6.45, 7) is 0. The van der Waals surface area contributed by atoms with Crippen molar-refractivity contribution in [3.63, 3.8) is 0 Å². The molecule has 5 rings (SSSR count). The number of rotatable bonds is 2. The summed E-state index contributed by atoms with van der Waals surface area (Å²) in [5.74, 6) is 0. The van der Waals surface area contributed by atoms with E-state index in [1.165, 1.54) is 21.6 Å². The van der Waals surface area contributed by atoms with Crippen molar-refractivity contribution in [3.05, 3.63) is 82.8 Å². The normalized spacial score (nSPS) is 12.5. The summed E-state index contributed by atoms with van der Waals surface area (Å²) in [7, 11) is 0. The second-order valence-electron chi connectivity index (χ2n) is 6.25. The minimum Gasteiger partial charge on any atom is -0.264 e. The summed E-state index contributed by atoms with van der Waals surface area (Å²) in [5.41, 5.74) is 8.39. The Morgan fingerprint density at radius 3 is 2.56 bits per heavy atom. The molecule has 0 saturated heterocycles. The summed E-state index contributed by atoms with van der Waals surface area (Å²) in [6, 6.07) is 19.0. The molecular formula is C22H16N2S. The van der Waals surface area contributed by atoms with E-state index < -0.39 is 0 Å². The summed E-state index contributed by atoms with van der Waals surface area (Å²) < 4.78 is 0. The zero-order chi connectivity index (χ0) is 16.6. The Balaban J connectivity index is 1.80. The summed E-state index contributed by atoms with van der Waals surface area (Å²) in [5, 5.41) is 2.18. The lowest BCUT2D eigenvalue weighted by Gasteiger charge is -2.21. The van der Waals surface area contributed by atoms with Crippen LogP contribution in [0.5, 0.6) is 0 Å². The van der Waals surface area contributed by atoms with Gasteiger partial charge in [-0.3, -0.25) is 4.98 Å². The number of nitrogens with zero attached hydrogens (tertiary/aromatic N) is 2. The van der Waals surface area contributed by atoms with Crippen LogP contribution in [0.15, 0.2) is 72.4 Å². The van der Waals surface area contributed by atoms with Gasteiger partial charge in [-0.1, -0.05) is 36.4 Å². The second-order valence-corrected chi connectivity index (χ2v) is 7.25. The number of thiophene rings is 1. The van der Waals surface area contributed by atoms with Crippen molar-refractivity contribution in [2.75, 3.05) is 0 Å². The monoisotopic (exact) mass is 340 g/mol. The van der Waals surface area contributed by atoms with Crippen LogP contribution in [0.25, 0.3) is 33.6 Å². The van der Waals surface area contributed by atoms with E-state index >= 15 is 0 Å². The maximum atomic E-state index is 5.07. The first-order chi connectivity index (χ1) is 12.4. The van der Waals surface area contributed by atoms with Crippen LogP contribution < -0.4 is 0 Å². The number of aryl methyl sites for hydroxylation is 1. The smallest absolute Gasteiger partial charge is 0.0758 e. The molecule has 0 saturated carbocycles. The van der Waals surface area contributed by atoms with Crippen molar-refractivity contribution in [2.45, 2.75) is 12.8 Å². The highest BCUT2D eigenvalue weighted by Gasteiger charge is 2.23. The molecule has 0 unspecified atom stereocenters. The summed E-state index contributed by atoms with van der Waals surface area (Å²) >= 11 is 1.84. The Bertz CT molecular complexity index is 1040. The minimum absolute atomic E-state index is 1.03. The van der Waals surface area contributed by atoms with Gasteiger partial charge in [-0.05, 0) is 47.5 Å². The average Bonchev–Trinajstić information content (AvgIpc) is 3.18. The molecule has 0 amide bonds. The first kappa shape index (κ1) is 14.6. The summed E-state index contributed by atoms with van der Waals surface area (Å²) in [6.07, 6.45) is 5.91. The van der Waals surface area contributed by atoms with Gasteiger partial charge in [0.2, 0.25) is 0 Å². The van der Waals surface area contributed by atoms with E-state index in [2.05, 4.69) is 52.8 Å². The third kappa shape index (κ3) is 2.48. The Morgan fingerprint density at radius 1 is 0.840 bits per heavy atom. The Morgan fingerprint density at radius 2 is 1.72 bits per heavy atom. The SMILES string of the molecule is c1ccc(-c2cc(-c3cccnc3)c3c(n2)-c2ccsc2CC3)cc1. The van der Waals surface area contributed by atoms with Crippen molar-refractivity contribution in [2.24, 2.45) is 0 Å². The predicted molar refractivity (Wildman–Crippen MR) is 104 cm³/mol. The predicted octanol–water partition coefficient (Wildman–Crippen LogP) is 5.64. The quantitative estimate of drug-likeness (QED) is 0.472. The molecule has 0 radical (unpaired) electrons. The molecule has 1 aliphatic carbocycles. The molecule has 1 aromatic carbocycles. The molecule has 120 valence electrons. The number of pyridine rings is 2. The topological polar surface area (TPSA) is 25.8 Å². The molecule has 0 bridgehead atoms. The van der Waals surface area contributed by atoms with Crippen LogP contribution in [0.1, 0.15) is 10.4 Å². The highest BCUT2D eigenvalue weighted by molar-refractivity contribution is 7.10. The maximum Gasteiger partial charge on any atom is 0.0758 e. The molecular weight excluding hydrogens is 324 g/mol. The van der Waals surface area contributed by atoms with E-state index in [0.717, 1.165) is 35.4 Å². The highest BCUT2D eigenvalue weighted by Crippen LogP contribution is 2.41. The van der Waals surface area contributed by atoms with E-state index in [0.29, 0.717) is 0 Å². The van der Waals surface area contributed by atoms with Gasteiger partial charge in [0, 0.05) is 34.0 Å². The van der Waals surface area contributed by atoms with Gasteiger partial charge in [0.1, 0.15) is 0 Å². The third-order valence-electron chi connectivity index (χ3n) is 4.77. The average molecular weight is 340 g/mol. The van der Waals surface area contributed by atoms with Gasteiger partial charge in [0.25, 0.3) is 0 Å². The van der Waals surface area contributed by atoms with Crippen LogP contribution >= 0.6 is 11.3 Å². The highest BCUT2D eigenvalue weighted by atomic mass is 32.1. The van der Waals surface area contributed by atoms with Crippen molar-refractivity contribution in [3.8, 4) is 33.6 Å². The molecule has 25 heavy (non-hydrogen) atoms. The standard InChI is InChI=1S/C22H16N2S/c1-2-5-15(6-3-1)20-13-19(16-7-4-11-23-14-16)17-8-9-21-18(10-12-25-21)22(17)24-20/h1-7,10-14H,8-9H2. The Hall–Kier alpha value is -2.78. The van der Waals surface area contributed by atoms with Gasteiger partial charge in [-0.15, -0.1) is 11.3 Å². The van der Waals surface area contributed by atoms with E-state index in [1.54, 1.807) is 0 Å². The molecule has 3 aromatic heterocycles. The number of fused-ring (bicyclic) bond motifs is 3. The van der Waals surface area contributed by atoms with Crippen LogP contribution in [-0.2, 0) is 12.8 Å². The number of aromatic nitrogens is 2. The Labute approximate surface area is 150 Å². The fourth-order valence-corrected chi connectivity index (χ4v) is 4.45. The van der Waals surface area contributed by atoms with E-state index in [9.17, 15) is 0 Å². The fourth-order valence-electron chi connectivity index (χ4n) is 3.57. The lowest BCUT2D eigenvalue weighted by atomic mass is 9.88. The zero-order valence-electron chi connectivity index (χ0n) is 13.6. The third-order valence-corrected chi connectivity index (χ3v) is 5.75. The molecule has 0 fully saturated rings. The van der Waals surface area contributed by atoms with Crippen LogP contribution in [0.4, 0.5) is 0 Å². The van der Waals surface area contributed by atoms with E-state index in [1.807, 2.05) is 35.9 Å². The maximum absolute atomic E-state index is 5.07. The van der Waals surface area contributed by atoms with Crippen LogP contribution in [-0.4, -0.2) is 9.97 Å². The molecule has 1 aliphatic rings. The van der Waals surface area contributed by atoms with Crippen molar-refractivity contribution >= 4 is 11.3 Å². The van der Waals surface area contributed by atoms with Crippen molar-refractivity contribution in [1.29, 1.82) is 0 Å². The fraction of sp³-hybridized carbons (Fsp3) is 0.0909. The van der Waals surface area contributed by atoms with Crippen molar-refractivity contribution < 1.29 is 0 Å². The summed E-state index contributed by atoms with van der Waals surface area (Å²) in [4.78, 5) is 10.8. The molecule has 0 aliphatic heterocycles. The number of benzene rings is 1. The van der Waals surface area contributed by atoms with Gasteiger partial charge in [0.05, 0.1) is 11.4 Å². The zero-order valence-corrected chi connectivity index (χ0v) is 14.5. The van der Waals surface area contributed by atoms with Crippen LogP contribution in [0, 0.1) is 0 Å². The van der Waals surface area contributed by atoms with Crippen LogP contribution in [0.2, 0.25) is 0 Å². The number of hydrogen-bond donors (Lipinski definition) is 0. The first-order valence-corrected chi connectivity index (χ1v) is 9.34. The Kier molecular flexibility index (Phi) is 3.46.